The molecule has 0 saturated carbocycles. The molecule has 1 heterocycles. The summed E-state index contributed by atoms with van der Waals surface area (Å²) in [5.74, 6) is -0.166. The van der Waals surface area contributed by atoms with Crippen LogP contribution < -0.4 is 21.7 Å². The van der Waals surface area contributed by atoms with Gasteiger partial charge in [-0.05, 0) is 41.8 Å². The number of hydrogen-bond donors (Lipinski definition) is 4. The maximum atomic E-state index is 12.0. The number of hydrogen-bond acceptors (Lipinski definition) is 4. The van der Waals surface area contributed by atoms with Crippen LogP contribution in [0.4, 0.5) is 10.5 Å². The first-order chi connectivity index (χ1) is 12.6. The second-order valence-corrected chi connectivity index (χ2v) is 5.98. The molecular formula is C19H26ClN5O2. The first-order valence-electron chi connectivity index (χ1n) is 8.64. The van der Waals surface area contributed by atoms with E-state index in [0.717, 1.165) is 17.5 Å². The minimum atomic E-state index is -0.486. The van der Waals surface area contributed by atoms with Crippen molar-refractivity contribution in [2.45, 2.75) is 38.9 Å². The maximum absolute atomic E-state index is 12.0. The highest BCUT2D eigenvalue weighted by atomic mass is 35.5. The van der Waals surface area contributed by atoms with Gasteiger partial charge in [0.2, 0.25) is 5.91 Å². The Bertz CT molecular complexity index is 727. The Balaban J connectivity index is 0.00000364. The summed E-state index contributed by atoms with van der Waals surface area (Å²) in [7, 11) is 0. The van der Waals surface area contributed by atoms with Crippen molar-refractivity contribution in [2.75, 3.05) is 5.32 Å². The Morgan fingerprint density at radius 1 is 1.07 bits per heavy atom. The lowest BCUT2D eigenvalue weighted by molar-refractivity contribution is -0.122. The van der Waals surface area contributed by atoms with E-state index in [0.29, 0.717) is 25.2 Å². The number of nitrogens with one attached hydrogen (secondary N) is 3. The minimum Gasteiger partial charge on any atom is -0.351 e. The van der Waals surface area contributed by atoms with Crippen molar-refractivity contribution in [3.63, 3.8) is 0 Å². The van der Waals surface area contributed by atoms with Crippen molar-refractivity contribution in [1.82, 2.24) is 15.6 Å². The topological polar surface area (TPSA) is 109 Å². The molecule has 2 rings (SSSR count). The van der Waals surface area contributed by atoms with E-state index >= 15 is 0 Å². The summed E-state index contributed by atoms with van der Waals surface area (Å²) >= 11 is 0. The SMILES string of the molecule is CCCC(N)C(=O)NCc1cccc(NC(=O)NCc2ccncc2)c1.Cl. The normalized spacial score (nSPS) is 11.0. The molecule has 0 fully saturated rings. The molecule has 1 aromatic heterocycles. The average molecular weight is 392 g/mol. The first kappa shape index (κ1) is 22.4. The van der Waals surface area contributed by atoms with Crippen LogP contribution in [0.2, 0.25) is 0 Å². The molecule has 27 heavy (non-hydrogen) atoms. The molecule has 5 N–H and O–H groups in total. The molecule has 0 radical (unpaired) electrons. The third kappa shape index (κ3) is 8.06. The van der Waals surface area contributed by atoms with Gasteiger partial charge in [-0.1, -0.05) is 25.5 Å². The average Bonchev–Trinajstić information content (AvgIpc) is 2.66. The van der Waals surface area contributed by atoms with Gasteiger partial charge in [0.1, 0.15) is 0 Å². The summed E-state index contributed by atoms with van der Waals surface area (Å²) in [5.41, 5.74) is 8.29. The predicted octanol–water partition coefficient (Wildman–Crippen LogP) is 2.57. The number of aromatic nitrogens is 1. The van der Waals surface area contributed by atoms with Crippen LogP contribution in [0.3, 0.4) is 0 Å². The number of nitrogens with two attached hydrogens (primary N) is 1. The number of carbonyl (C=O) groups is 2. The number of nitrogens with zero attached hydrogens (tertiary/aromatic N) is 1. The number of urea groups is 1. The van der Waals surface area contributed by atoms with Gasteiger partial charge in [-0.15, -0.1) is 12.4 Å². The van der Waals surface area contributed by atoms with Gasteiger partial charge in [-0.3, -0.25) is 9.78 Å². The summed E-state index contributed by atoms with van der Waals surface area (Å²) in [5, 5.41) is 8.37. The second kappa shape index (κ2) is 11.9. The number of carbonyl (C=O) groups excluding carboxylic acids is 2. The van der Waals surface area contributed by atoms with E-state index in [4.69, 9.17) is 5.73 Å². The van der Waals surface area contributed by atoms with Crippen molar-refractivity contribution in [1.29, 1.82) is 0 Å². The summed E-state index contributed by atoms with van der Waals surface area (Å²) in [4.78, 5) is 27.8. The monoisotopic (exact) mass is 391 g/mol. The Morgan fingerprint density at radius 3 is 2.48 bits per heavy atom. The van der Waals surface area contributed by atoms with Crippen LogP contribution in [0.15, 0.2) is 48.8 Å². The Kier molecular flexibility index (Phi) is 9.85. The number of amides is 3. The highest BCUT2D eigenvalue weighted by Gasteiger charge is 2.11. The molecule has 8 heteroatoms. The molecule has 0 aliphatic carbocycles. The van der Waals surface area contributed by atoms with Gasteiger partial charge in [0.15, 0.2) is 0 Å². The fourth-order valence-corrected chi connectivity index (χ4v) is 2.38. The van der Waals surface area contributed by atoms with Gasteiger partial charge >= 0.3 is 6.03 Å². The lowest BCUT2D eigenvalue weighted by atomic mass is 10.1. The van der Waals surface area contributed by atoms with Crippen LogP contribution in [-0.2, 0) is 17.9 Å². The fourth-order valence-electron chi connectivity index (χ4n) is 2.38. The van der Waals surface area contributed by atoms with Gasteiger partial charge in [-0.25, -0.2) is 4.79 Å². The summed E-state index contributed by atoms with van der Waals surface area (Å²) in [6.45, 7) is 2.77. The van der Waals surface area contributed by atoms with Gasteiger partial charge in [0.05, 0.1) is 6.04 Å². The van der Waals surface area contributed by atoms with Gasteiger partial charge in [-0.2, -0.15) is 0 Å². The molecule has 1 aromatic carbocycles. The zero-order valence-electron chi connectivity index (χ0n) is 15.3. The molecule has 3 amide bonds. The van der Waals surface area contributed by atoms with E-state index in [2.05, 4.69) is 20.9 Å². The van der Waals surface area contributed by atoms with E-state index in [-0.39, 0.29) is 24.3 Å². The maximum Gasteiger partial charge on any atom is 0.319 e. The lowest BCUT2D eigenvalue weighted by Gasteiger charge is -2.12. The molecule has 146 valence electrons. The van der Waals surface area contributed by atoms with Crippen molar-refractivity contribution in [2.24, 2.45) is 5.73 Å². The summed E-state index contributed by atoms with van der Waals surface area (Å²) in [6, 6.07) is 10.2. The lowest BCUT2D eigenvalue weighted by Crippen LogP contribution is -2.40. The van der Waals surface area contributed by atoms with Crippen LogP contribution >= 0.6 is 12.4 Å². The fraction of sp³-hybridized carbons (Fsp3) is 0.316. The largest absolute Gasteiger partial charge is 0.351 e. The van der Waals surface area contributed by atoms with Crippen molar-refractivity contribution in [3.8, 4) is 0 Å². The van der Waals surface area contributed by atoms with Gasteiger partial charge in [0, 0.05) is 31.2 Å². The van der Waals surface area contributed by atoms with Crippen LogP contribution in [0, 0.1) is 0 Å². The van der Waals surface area contributed by atoms with Crippen LogP contribution in [0.1, 0.15) is 30.9 Å². The Labute approximate surface area is 165 Å². The van der Waals surface area contributed by atoms with Crippen LogP contribution in [0.5, 0.6) is 0 Å². The highest BCUT2D eigenvalue weighted by molar-refractivity contribution is 5.89. The summed E-state index contributed by atoms with van der Waals surface area (Å²) in [6.07, 6.45) is 4.88. The Morgan fingerprint density at radius 2 is 1.78 bits per heavy atom. The van der Waals surface area contributed by atoms with Crippen LogP contribution in [0.25, 0.3) is 0 Å². The van der Waals surface area contributed by atoms with Gasteiger partial charge < -0.3 is 21.7 Å². The van der Waals surface area contributed by atoms with E-state index < -0.39 is 6.04 Å². The zero-order chi connectivity index (χ0) is 18.8. The predicted molar refractivity (Wildman–Crippen MR) is 109 cm³/mol. The van der Waals surface area contributed by atoms with Crippen molar-refractivity contribution in [3.05, 3.63) is 59.9 Å². The smallest absolute Gasteiger partial charge is 0.319 e. The standard InChI is InChI=1S/C19H25N5O2.ClH/c1-2-4-17(20)18(25)22-13-15-5-3-6-16(11-15)24-19(26)23-12-14-7-9-21-10-8-14;/h3,5-11,17H,2,4,12-13,20H2,1H3,(H,22,25)(H2,23,24,26);1H. The Hall–Kier alpha value is -2.64. The molecule has 1 unspecified atom stereocenters. The van der Waals surface area contributed by atoms with E-state index in [1.165, 1.54) is 0 Å². The molecule has 0 aliphatic heterocycles. The minimum absolute atomic E-state index is 0. The molecule has 0 aliphatic rings. The van der Waals surface area contributed by atoms with Crippen molar-refractivity contribution < 1.29 is 9.59 Å². The summed E-state index contributed by atoms with van der Waals surface area (Å²) < 4.78 is 0. The van der Waals surface area contributed by atoms with Gasteiger partial charge in [0.25, 0.3) is 0 Å². The number of rotatable bonds is 8. The van der Waals surface area contributed by atoms with Crippen molar-refractivity contribution >= 4 is 30.0 Å². The molecular weight excluding hydrogens is 366 g/mol. The van der Waals surface area contributed by atoms with E-state index in [1.807, 2.05) is 37.3 Å². The third-order valence-corrected chi connectivity index (χ3v) is 3.79. The molecule has 1 atom stereocenters. The number of benzene rings is 1. The molecule has 0 spiro atoms. The highest BCUT2D eigenvalue weighted by Crippen LogP contribution is 2.10. The van der Waals surface area contributed by atoms with E-state index in [9.17, 15) is 9.59 Å². The van der Waals surface area contributed by atoms with E-state index in [1.54, 1.807) is 18.5 Å². The number of anilines is 1. The van der Waals surface area contributed by atoms with Crippen LogP contribution in [-0.4, -0.2) is 23.0 Å². The number of pyridine rings is 1. The molecule has 0 saturated heterocycles. The molecule has 7 nitrogen and oxygen atoms in total. The zero-order valence-corrected chi connectivity index (χ0v) is 16.1. The molecule has 2 aromatic rings. The molecule has 0 bridgehead atoms. The first-order valence-corrected chi connectivity index (χ1v) is 8.64. The number of halogens is 1. The second-order valence-electron chi connectivity index (χ2n) is 5.98. The quantitative estimate of drug-likeness (QED) is 0.554. The third-order valence-electron chi connectivity index (χ3n) is 3.79.